The predicted octanol–water partition coefficient (Wildman–Crippen LogP) is 1.79. The number of hydrogen-bond donors (Lipinski definition) is 0. The zero-order chi connectivity index (χ0) is 10.1. The van der Waals surface area contributed by atoms with Crippen LogP contribution in [0.1, 0.15) is 10.9 Å². The molecule has 0 saturated carbocycles. The van der Waals surface area contributed by atoms with Gasteiger partial charge in [-0.2, -0.15) is 0 Å². The number of fused-ring (bicyclic) bond motifs is 1. The number of hydrogen-bond acceptors (Lipinski definition) is 5. The van der Waals surface area contributed by atoms with Crippen molar-refractivity contribution in [1.82, 2.24) is 10.3 Å². The maximum absolute atomic E-state index is 5.58. The highest BCUT2D eigenvalue weighted by Crippen LogP contribution is 2.41. The van der Waals surface area contributed by atoms with E-state index in [0.717, 1.165) is 5.88 Å². The Morgan fingerprint density at radius 2 is 1.93 bits per heavy atom. The van der Waals surface area contributed by atoms with Gasteiger partial charge in [-0.25, -0.2) is 0 Å². The van der Waals surface area contributed by atoms with E-state index < -0.39 is 0 Å². The third kappa shape index (κ3) is 1.77. The second kappa shape index (κ2) is 4.11. The Labute approximate surface area is 92.6 Å². The molecule has 2 aliphatic rings. The Morgan fingerprint density at radius 1 is 1.13 bits per heavy atom. The molecular formula is C10H12N2O2S. The fraction of sp³-hybridized carbons (Fsp3) is 0.400. The monoisotopic (exact) mass is 224 g/mol. The van der Waals surface area contributed by atoms with Crippen LogP contribution < -0.4 is 0 Å². The van der Waals surface area contributed by atoms with Gasteiger partial charge >= 0.3 is 0 Å². The zero-order valence-corrected chi connectivity index (χ0v) is 9.02. The normalized spacial score (nSPS) is 27.9. The van der Waals surface area contributed by atoms with Gasteiger partial charge in [-0.05, 0) is 5.56 Å². The molecule has 0 bridgehead atoms. The highest BCUT2D eigenvalue weighted by Gasteiger charge is 2.37. The molecule has 0 aliphatic carbocycles. The molecule has 15 heavy (non-hydrogen) atoms. The number of benzene rings is 1. The molecule has 3 rings (SSSR count). The van der Waals surface area contributed by atoms with Crippen molar-refractivity contribution in [1.29, 1.82) is 0 Å². The Kier molecular flexibility index (Phi) is 2.64. The van der Waals surface area contributed by atoms with Crippen LogP contribution in [-0.4, -0.2) is 29.4 Å². The summed E-state index contributed by atoms with van der Waals surface area (Å²) in [5, 5.41) is 3.82. The van der Waals surface area contributed by atoms with E-state index in [1.165, 1.54) is 5.56 Å². The molecule has 2 aliphatic heterocycles. The van der Waals surface area contributed by atoms with Crippen molar-refractivity contribution < 1.29 is 9.68 Å². The van der Waals surface area contributed by atoms with Crippen molar-refractivity contribution in [3.8, 4) is 0 Å². The zero-order valence-electron chi connectivity index (χ0n) is 8.20. The highest BCUT2D eigenvalue weighted by molar-refractivity contribution is 7.99. The van der Waals surface area contributed by atoms with Crippen molar-refractivity contribution in [3.05, 3.63) is 35.9 Å². The van der Waals surface area contributed by atoms with E-state index in [9.17, 15) is 0 Å². The van der Waals surface area contributed by atoms with Crippen molar-refractivity contribution in [2.45, 2.75) is 5.37 Å². The van der Waals surface area contributed by atoms with Gasteiger partial charge in [0.05, 0.1) is 19.1 Å². The summed E-state index contributed by atoms with van der Waals surface area (Å²) >= 11 is 1.80. The Morgan fingerprint density at radius 3 is 2.80 bits per heavy atom. The smallest absolute Gasteiger partial charge is 0.125 e. The molecule has 0 aromatic heterocycles. The van der Waals surface area contributed by atoms with Crippen LogP contribution in [0, 0.1) is 0 Å². The van der Waals surface area contributed by atoms with E-state index in [4.69, 9.17) is 9.68 Å². The van der Waals surface area contributed by atoms with E-state index in [1.807, 2.05) is 23.4 Å². The summed E-state index contributed by atoms with van der Waals surface area (Å²) in [6.07, 6.45) is 0. The average molecular weight is 224 g/mol. The molecular weight excluding hydrogens is 212 g/mol. The molecule has 4 nitrogen and oxygen atoms in total. The number of rotatable bonds is 1. The summed E-state index contributed by atoms with van der Waals surface area (Å²) in [5.41, 5.74) is 1.25. The summed E-state index contributed by atoms with van der Waals surface area (Å²) in [7, 11) is 0. The first-order valence-electron chi connectivity index (χ1n) is 4.94. The molecule has 2 fully saturated rings. The molecule has 0 spiro atoms. The van der Waals surface area contributed by atoms with Crippen LogP contribution in [-0.2, 0) is 9.68 Å². The molecule has 0 N–H and O–H groups in total. The van der Waals surface area contributed by atoms with E-state index in [1.54, 1.807) is 16.9 Å². The molecule has 2 heterocycles. The first kappa shape index (κ1) is 9.62. The fourth-order valence-electron chi connectivity index (χ4n) is 1.71. The molecule has 2 saturated heterocycles. The van der Waals surface area contributed by atoms with Crippen LogP contribution in [0.25, 0.3) is 0 Å². The lowest BCUT2D eigenvalue weighted by atomic mass is 10.2. The van der Waals surface area contributed by atoms with Crippen LogP contribution in [0.15, 0.2) is 30.3 Å². The van der Waals surface area contributed by atoms with Crippen molar-refractivity contribution in [2.24, 2.45) is 0 Å². The molecule has 0 radical (unpaired) electrons. The van der Waals surface area contributed by atoms with Gasteiger partial charge in [0.15, 0.2) is 0 Å². The van der Waals surface area contributed by atoms with Gasteiger partial charge in [0.2, 0.25) is 0 Å². The summed E-state index contributed by atoms with van der Waals surface area (Å²) in [6, 6.07) is 10.3. The van der Waals surface area contributed by atoms with Gasteiger partial charge in [-0.1, -0.05) is 40.7 Å². The predicted molar refractivity (Wildman–Crippen MR) is 57.2 cm³/mol. The summed E-state index contributed by atoms with van der Waals surface area (Å²) in [5.74, 6) is 0.819. The minimum absolute atomic E-state index is 0.214. The Balaban J connectivity index is 1.82. The van der Waals surface area contributed by atoms with Crippen LogP contribution >= 0.6 is 11.8 Å². The minimum atomic E-state index is 0.214. The molecule has 1 aromatic carbocycles. The third-order valence-electron chi connectivity index (χ3n) is 2.40. The van der Waals surface area contributed by atoms with Crippen molar-refractivity contribution >= 4 is 11.8 Å². The van der Waals surface area contributed by atoms with Crippen LogP contribution in [0.3, 0.4) is 0 Å². The van der Waals surface area contributed by atoms with Crippen molar-refractivity contribution in [2.75, 3.05) is 19.1 Å². The summed E-state index contributed by atoms with van der Waals surface area (Å²) < 4.78 is 0. The van der Waals surface area contributed by atoms with Crippen LogP contribution in [0.2, 0.25) is 0 Å². The van der Waals surface area contributed by atoms with Gasteiger partial charge in [-0.3, -0.25) is 9.68 Å². The first-order chi connectivity index (χ1) is 7.45. The lowest BCUT2D eigenvalue weighted by Gasteiger charge is -2.32. The van der Waals surface area contributed by atoms with E-state index in [0.29, 0.717) is 13.2 Å². The van der Waals surface area contributed by atoms with E-state index in [-0.39, 0.29) is 5.37 Å². The van der Waals surface area contributed by atoms with Crippen LogP contribution in [0.5, 0.6) is 0 Å². The average Bonchev–Trinajstić information content (AvgIpc) is 2.74. The number of hydrazine groups is 1. The first-order valence-corrected chi connectivity index (χ1v) is 5.99. The van der Waals surface area contributed by atoms with Crippen LogP contribution in [0.4, 0.5) is 0 Å². The lowest BCUT2D eigenvalue weighted by Crippen LogP contribution is -2.43. The highest BCUT2D eigenvalue weighted by atomic mass is 32.2. The molecule has 1 unspecified atom stereocenters. The summed E-state index contributed by atoms with van der Waals surface area (Å²) in [4.78, 5) is 11.0. The number of nitrogens with zero attached hydrogens (tertiary/aromatic N) is 2. The molecule has 5 heteroatoms. The van der Waals surface area contributed by atoms with Gasteiger partial charge in [-0.15, -0.1) is 11.8 Å². The fourth-order valence-corrected chi connectivity index (χ4v) is 2.81. The molecule has 0 amide bonds. The van der Waals surface area contributed by atoms with Crippen molar-refractivity contribution in [3.63, 3.8) is 0 Å². The minimum Gasteiger partial charge on any atom is -0.279 e. The second-order valence-electron chi connectivity index (χ2n) is 3.38. The SMILES string of the molecule is c1ccc(C2SCN3OCCON23)cc1. The van der Waals surface area contributed by atoms with E-state index >= 15 is 0 Å². The second-order valence-corrected chi connectivity index (χ2v) is 4.42. The van der Waals surface area contributed by atoms with Gasteiger partial charge < -0.3 is 0 Å². The molecule has 1 atom stereocenters. The topological polar surface area (TPSA) is 24.9 Å². The van der Waals surface area contributed by atoms with E-state index in [2.05, 4.69) is 12.1 Å². The van der Waals surface area contributed by atoms with Gasteiger partial charge in [0, 0.05) is 0 Å². The maximum Gasteiger partial charge on any atom is 0.125 e. The van der Waals surface area contributed by atoms with Gasteiger partial charge in [0.1, 0.15) is 5.37 Å². The molecule has 1 aromatic rings. The molecule has 80 valence electrons. The quantitative estimate of drug-likeness (QED) is 0.724. The summed E-state index contributed by atoms with van der Waals surface area (Å²) in [6.45, 7) is 1.26. The number of thioether (sulfide) groups is 1. The Bertz CT molecular complexity index is 335. The Hall–Kier alpha value is -0.590. The maximum atomic E-state index is 5.58. The largest absolute Gasteiger partial charge is 0.279 e. The standard InChI is InChI=1S/C10H12N2O2S/c1-2-4-9(5-3-1)10-12-11(8-15-10)13-6-7-14-12/h1-5,10H,6-8H2. The lowest BCUT2D eigenvalue weighted by molar-refractivity contribution is -0.437. The van der Waals surface area contributed by atoms with Gasteiger partial charge in [0.25, 0.3) is 0 Å². The number of hydroxylamine groups is 2. The third-order valence-corrected chi connectivity index (χ3v) is 3.53.